The average Bonchev–Trinajstić information content (AvgIpc) is 2.80. The van der Waals surface area contributed by atoms with Crippen molar-refractivity contribution in [3.8, 4) is 0 Å². The molecule has 3 N–H and O–H groups in total. The van der Waals surface area contributed by atoms with Crippen LogP contribution in [0.25, 0.3) is 0 Å². The third kappa shape index (κ3) is 2.54. The maximum atomic E-state index is 12.7. The molecule has 1 aromatic rings. The highest BCUT2D eigenvalue weighted by molar-refractivity contribution is 7.89. The van der Waals surface area contributed by atoms with Crippen LogP contribution in [0.3, 0.4) is 0 Å². The lowest BCUT2D eigenvalue weighted by molar-refractivity contribution is 0.246. The Morgan fingerprint density at radius 2 is 2.21 bits per heavy atom. The summed E-state index contributed by atoms with van der Waals surface area (Å²) in [5, 5.41) is 6.80. The Hall–Kier alpha value is -0.920. The number of nitrogens with zero attached hydrogens (tertiary/aromatic N) is 2. The zero-order valence-corrected chi connectivity index (χ0v) is 12.3. The number of nitrogens with two attached hydrogens (primary N) is 1. The van der Waals surface area contributed by atoms with Crippen molar-refractivity contribution in [3.63, 3.8) is 0 Å². The second-order valence-corrected chi connectivity index (χ2v) is 6.82. The Labute approximate surface area is 114 Å². The lowest BCUT2D eigenvalue weighted by atomic mass is 10.0. The van der Waals surface area contributed by atoms with Gasteiger partial charge >= 0.3 is 0 Å². The molecule has 0 spiro atoms. The minimum Gasteiger partial charge on any atom is -0.326 e. The summed E-state index contributed by atoms with van der Waals surface area (Å²) in [6.07, 6.45) is 3.77. The Kier molecular flexibility index (Phi) is 4.27. The van der Waals surface area contributed by atoms with Crippen LogP contribution in [-0.2, 0) is 16.6 Å². The summed E-state index contributed by atoms with van der Waals surface area (Å²) in [6, 6.07) is 0.0846. The van der Waals surface area contributed by atoms with E-state index in [9.17, 15) is 8.42 Å². The summed E-state index contributed by atoms with van der Waals surface area (Å²) in [6.45, 7) is 4.58. The highest BCUT2D eigenvalue weighted by Gasteiger charge is 2.35. The fraction of sp³-hybridized carbons (Fsp3) is 0.750. The monoisotopic (exact) mass is 286 g/mol. The molecule has 1 atom stereocenters. The largest absolute Gasteiger partial charge is 0.326 e. The Bertz CT molecular complexity index is 538. The van der Waals surface area contributed by atoms with E-state index in [1.165, 1.54) is 0 Å². The molecule has 108 valence electrons. The van der Waals surface area contributed by atoms with Crippen LogP contribution in [0.4, 0.5) is 0 Å². The molecule has 0 amide bonds. The van der Waals surface area contributed by atoms with Gasteiger partial charge in [0.1, 0.15) is 0 Å². The lowest BCUT2D eigenvalue weighted by Crippen LogP contribution is -2.43. The maximum absolute atomic E-state index is 12.7. The first-order valence-electron chi connectivity index (χ1n) is 6.78. The normalized spacial score (nSPS) is 21.7. The summed E-state index contributed by atoms with van der Waals surface area (Å²) in [5.41, 5.74) is 6.97. The van der Waals surface area contributed by atoms with Gasteiger partial charge < -0.3 is 5.73 Å². The van der Waals surface area contributed by atoms with E-state index in [0.717, 1.165) is 31.4 Å². The number of aromatic amines is 1. The second-order valence-electron chi connectivity index (χ2n) is 5.01. The standard InChI is InChI=1S/C12H22N4O2S/c1-3-10-6-4-5-7-16(10)19(17,18)12-11(8-13)9(2)14-15-12/h10H,3-8,13H2,1-2H3,(H,14,15). The smallest absolute Gasteiger partial charge is 0.262 e. The lowest BCUT2D eigenvalue weighted by Gasteiger charge is -2.33. The molecule has 0 aliphatic carbocycles. The fourth-order valence-corrected chi connectivity index (χ4v) is 4.64. The minimum absolute atomic E-state index is 0.0846. The first-order chi connectivity index (χ1) is 9.02. The summed E-state index contributed by atoms with van der Waals surface area (Å²) < 4.78 is 27.1. The van der Waals surface area contributed by atoms with E-state index in [2.05, 4.69) is 10.2 Å². The molecule has 0 bridgehead atoms. The van der Waals surface area contributed by atoms with Gasteiger partial charge in [-0.25, -0.2) is 8.42 Å². The Morgan fingerprint density at radius 3 is 2.84 bits per heavy atom. The van der Waals surface area contributed by atoms with Crippen LogP contribution >= 0.6 is 0 Å². The predicted molar refractivity (Wildman–Crippen MR) is 73.0 cm³/mol. The van der Waals surface area contributed by atoms with Crippen LogP contribution in [0.5, 0.6) is 0 Å². The van der Waals surface area contributed by atoms with Crippen LogP contribution in [0, 0.1) is 6.92 Å². The van der Waals surface area contributed by atoms with Crippen LogP contribution in [-0.4, -0.2) is 35.5 Å². The van der Waals surface area contributed by atoms with Crippen molar-refractivity contribution in [2.24, 2.45) is 5.73 Å². The van der Waals surface area contributed by atoms with Gasteiger partial charge in [0.25, 0.3) is 10.0 Å². The minimum atomic E-state index is -3.53. The molecule has 1 saturated heterocycles. The average molecular weight is 286 g/mol. The van der Waals surface area contributed by atoms with Gasteiger partial charge in [0, 0.05) is 30.4 Å². The fourth-order valence-electron chi connectivity index (χ4n) is 2.69. The number of nitrogens with one attached hydrogen (secondary N) is 1. The van der Waals surface area contributed by atoms with Crippen molar-refractivity contribution in [2.45, 2.75) is 57.1 Å². The molecule has 1 aliphatic heterocycles. The molecule has 0 radical (unpaired) electrons. The predicted octanol–water partition coefficient (Wildman–Crippen LogP) is 1.13. The van der Waals surface area contributed by atoms with Crippen molar-refractivity contribution in [2.75, 3.05) is 6.54 Å². The van der Waals surface area contributed by atoms with E-state index in [1.807, 2.05) is 6.92 Å². The van der Waals surface area contributed by atoms with Crippen LogP contribution in [0.1, 0.15) is 43.9 Å². The number of H-pyrrole nitrogens is 1. The number of aromatic nitrogens is 2. The molecule has 1 aromatic heterocycles. The third-order valence-corrected chi connectivity index (χ3v) is 5.76. The highest BCUT2D eigenvalue weighted by atomic mass is 32.2. The highest BCUT2D eigenvalue weighted by Crippen LogP contribution is 2.28. The number of aryl methyl sites for hydroxylation is 1. The maximum Gasteiger partial charge on any atom is 0.262 e. The molecule has 1 unspecified atom stereocenters. The molecular formula is C12H22N4O2S. The number of rotatable bonds is 4. The molecule has 1 aliphatic rings. The molecule has 6 nitrogen and oxygen atoms in total. The van der Waals surface area contributed by atoms with Gasteiger partial charge in [0.15, 0.2) is 5.03 Å². The van der Waals surface area contributed by atoms with E-state index in [1.54, 1.807) is 11.2 Å². The summed E-state index contributed by atoms with van der Waals surface area (Å²) in [4.78, 5) is 0. The van der Waals surface area contributed by atoms with Gasteiger partial charge in [-0.1, -0.05) is 13.3 Å². The molecule has 2 heterocycles. The van der Waals surface area contributed by atoms with E-state index >= 15 is 0 Å². The van der Waals surface area contributed by atoms with Gasteiger partial charge in [0.2, 0.25) is 0 Å². The molecule has 19 heavy (non-hydrogen) atoms. The molecule has 7 heteroatoms. The van der Waals surface area contributed by atoms with E-state index in [0.29, 0.717) is 12.1 Å². The zero-order chi connectivity index (χ0) is 14.0. The molecule has 1 fully saturated rings. The SMILES string of the molecule is CCC1CCCCN1S(=O)(=O)c1n[nH]c(C)c1CN. The van der Waals surface area contributed by atoms with Crippen LogP contribution in [0.15, 0.2) is 5.03 Å². The van der Waals surface area contributed by atoms with Gasteiger partial charge in [-0.05, 0) is 26.2 Å². The van der Waals surface area contributed by atoms with Gasteiger partial charge in [-0.3, -0.25) is 5.10 Å². The number of hydrogen-bond acceptors (Lipinski definition) is 4. The summed E-state index contributed by atoms with van der Waals surface area (Å²) in [5.74, 6) is 0. The number of sulfonamides is 1. The first-order valence-corrected chi connectivity index (χ1v) is 8.22. The van der Waals surface area contributed by atoms with Crippen LogP contribution in [0.2, 0.25) is 0 Å². The van der Waals surface area contributed by atoms with Crippen molar-refractivity contribution >= 4 is 10.0 Å². The van der Waals surface area contributed by atoms with E-state index in [4.69, 9.17) is 5.73 Å². The molecular weight excluding hydrogens is 264 g/mol. The summed E-state index contributed by atoms with van der Waals surface area (Å²) in [7, 11) is -3.53. The zero-order valence-electron chi connectivity index (χ0n) is 11.5. The quantitative estimate of drug-likeness (QED) is 0.868. The Morgan fingerprint density at radius 1 is 1.47 bits per heavy atom. The van der Waals surface area contributed by atoms with Crippen molar-refractivity contribution in [1.82, 2.24) is 14.5 Å². The topological polar surface area (TPSA) is 92.1 Å². The first kappa shape index (κ1) is 14.5. The molecule has 0 aromatic carbocycles. The van der Waals surface area contributed by atoms with Gasteiger partial charge in [0.05, 0.1) is 0 Å². The summed E-state index contributed by atoms with van der Waals surface area (Å²) >= 11 is 0. The molecule has 2 rings (SSSR count). The van der Waals surface area contributed by atoms with E-state index < -0.39 is 10.0 Å². The third-order valence-electron chi connectivity index (χ3n) is 3.84. The van der Waals surface area contributed by atoms with Gasteiger partial charge in [-0.2, -0.15) is 9.40 Å². The van der Waals surface area contributed by atoms with Crippen molar-refractivity contribution in [1.29, 1.82) is 0 Å². The number of piperidine rings is 1. The second kappa shape index (κ2) is 5.60. The van der Waals surface area contributed by atoms with E-state index in [-0.39, 0.29) is 17.6 Å². The number of hydrogen-bond donors (Lipinski definition) is 2. The van der Waals surface area contributed by atoms with Crippen molar-refractivity contribution < 1.29 is 8.42 Å². The van der Waals surface area contributed by atoms with Crippen LogP contribution < -0.4 is 5.73 Å². The Balaban J connectivity index is 2.40. The van der Waals surface area contributed by atoms with Crippen molar-refractivity contribution in [3.05, 3.63) is 11.3 Å². The van der Waals surface area contributed by atoms with Gasteiger partial charge in [-0.15, -0.1) is 0 Å². The molecule has 0 saturated carbocycles.